The van der Waals surface area contributed by atoms with Gasteiger partial charge in [0.05, 0.1) is 43.5 Å². The van der Waals surface area contributed by atoms with Gasteiger partial charge in [-0.3, -0.25) is 4.79 Å². The molecular weight excluding hydrogens is 368 g/mol. The molecule has 2 aliphatic rings. The Morgan fingerprint density at radius 1 is 1.17 bits per heavy atom. The van der Waals surface area contributed by atoms with Crippen molar-refractivity contribution in [2.24, 2.45) is 23.0 Å². The Hall–Kier alpha value is -3.76. The molecule has 29 heavy (non-hydrogen) atoms. The van der Waals surface area contributed by atoms with Crippen LogP contribution in [-0.4, -0.2) is 20.2 Å². The Labute approximate surface area is 169 Å². The average molecular weight is 388 g/mol. The smallest absolute Gasteiger partial charge is 0.308 e. The maximum absolute atomic E-state index is 12.2. The Morgan fingerprint density at radius 2 is 1.83 bits per heavy atom. The molecule has 146 valence electrons. The van der Waals surface area contributed by atoms with Gasteiger partial charge in [-0.05, 0) is 42.0 Å². The molecule has 7 nitrogen and oxygen atoms in total. The number of esters is 1. The van der Waals surface area contributed by atoms with Crippen LogP contribution in [0.5, 0.6) is 5.75 Å². The number of ether oxygens (including phenoxy) is 2. The number of hydrogen-bond acceptors (Lipinski definition) is 7. The van der Waals surface area contributed by atoms with Crippen molar-refractivity contribution in [3.63, 3.8) is 0 Å². The predicted octanol–water partition coefficient (Wildman–Crippen LogP) is 2.69. The molecule has 0 radical (unpaired) electrons. The normalized spacial score (nSPS) is 24.8. The van der Waals surface area contributed by atoms with Crippen LogP contribution in [0.15, 0.2) is 47.2 Å². The molecule has 7 heteroatoms. The van der Waals surface area contributed by atoms with Crippen molar-refractivity contribution in [3.8, 4) is 24.0 Å². The summed E-state index contributed by atoms with van der Waals surface area (Å²) < 4.78 is 10.1. The van der Waals surface area contributed by atoms with Crippen LogP contribution in [0, 0.1) is 51.2 Å². The second-order valence-corrected chi connectivity index (χ2v) is 7.14. The summed E-state index contributed by atoms with van der Waals surface area (Å²) in [6, 6.07) is 13.3. The van der Waals surface area contributed by atoms with Gasteiger partial charge in [-0.15, -0.1) is 0 Å². The predicted molar refractivity (Wildman–Crippen MR) is 103 cm³/mol. The van der Waals surface area contributed by atoms with E-state index in [9.17, 15) is 20.6 Å². The van der Waals surface area contributed by atoms with Gasteiger partial charge >= 0.3 is 5.97 Å². The zero-order chi connectivity index (χ0) is 21.2. The number of methoxy groups -OCH3 is 2. The number of rotatable bonds is 3. The first-order valence-electron chi connectivity index (χ1n) is 9.12. The second kappa shape index (κ2) is 7.70. The van der Waals surface area contributed by atoms with Crippen LogP contribution >= 0.6 is 0 Å². The highest BCUT2D eigenvalue weighted by molar-refractivity contribution is 5.73. The van der Waals surface area contributed by atoms with E-state index >= 15 is 0 Å². The highest BCUT2D eigenvalue weighted by Gasteiger charge is 2.54. The van der Waals surface area contributed by atoms with E-state index in [4.69, 9.17) is 15.2 Å². The number of hydrogen-bond donors (Lipinski definition) is 1. The summed E-state index contributed by atoms with van der Waals surface area (Å²) in [5, 5.41) is 29.8. The average Bonchev–Trinajstić information content (AvgIpc) is 2.77. The number of fused-ring (bicyclic) bond motifs is 1. The van der Waals surface area contributed by atoms with Crippen LogP contribution < -0.4 is 10.5 Å². The Balaban J connectivity index is 2.25. The first kappa shape index (κ1) is 20.0. The van der Waals surface area contributed by atoms with Crippen LogP contribution in [0.3, 0.4) is 0 Å². The fraction of sp³-hybridized carbons (Fsp3) is 0.364. The van der Waals surface area contributed by atoms with Gasteiger partial charge in [-0.1, -0.05) is 18.2 Å². The number of nitrogens with two attached hydrogens (primary N) is 1. The molecule has 2 aliphatic carbocycles. The molecule has 0 fully saturated rings. The van der Waals surface area contributed by atoms with Gasteiger partial charge in [0, 0.05) is 5.92 Å². The molecule has 0 bridgehead atoms. The van der Waals surface area contributed by atoms with E-state index in [0.717, 1.165) is 5.56 Å². The number of carbonyl (C=O) groups is 1. The summed E-state index contributed by atoms with van der Waals surface area (Å²) in [6.45, 7) is 0. The molecule has 3 unspecified atom stereocenters. The number of nitrogens with zero attached hydrogens (tertiary/aromatic N) is 3. The minimum Gasteiger partial charge on any atom is -0.497 e. The number of carbonyl (C=O) groups excluding carboxylic acids is 1. The Kier molecular flexibility index (Phi) is 5.31. The molecule has 0 heterocycles. The molecule has 3 atom stereocenters. The lowest BCUT2D eigenvalue weighted by molar-refractivity contribution is -0.146. The second-order valence-electron chi connectivity index (χ2n) is 7.14. The molecular formula is C22H20N4O3. The van der Waals surface area contributed by atoms with Crippen molar-refractivity contribution >= 4 is 5.97 Å². The monoisotopic (exact) mass is 388 g/mol. The van der Waals surface area contributed by atoms with Crippen molar-refractivity contribution in [2.75, 3.05) is 14.2 Å². The first-order chi connectivity index (χ1) is 14.0. The number of benzene rings is 1. The molecule has 0 saturated carbocycles. The van der Waals surface area contributed by atoms with Gasteiger partial charge in [0.1, 0.15) is 11.8 Å². The van der Waals surface area contributed by atoms with Gasteiger partial charge in [-0.25, -0.2) is 0 Å². The molecule has 0 spiro atoms. The quantitative estimate of drug-likeness (QED) is 0.787. The van der Waals surface area contributed by atoms with Gasteiger partial charge in [0.25, 0.3) is 0 Å². The summed E-state index contributed by atoms with van der Waals surface area (Å²) in [5.74, 6) is -1.17. The van der Waals surface area contributed by atoms with Crippen LogP contribution in [0.1, 0.15) is 24.3 Å². The third-order valence-electron chi connectivity index (χ3n) is 5.89. The molecule has 1 aromatic carbocycles. The lowest BCUT2D eigenvalue weighted by Crippen LogP contribution is -2.44. The highest BCUT2D eigenvalue weighted by Crippen LogP contribution is 2.56. The van der Waals surface area contributed by atoms with Gasteiger partial charge in [0.2, 0.25) is 0 Å². The maximum Gasteiger partial charge on any atom is 0.308 e. The van der Waals surface area contributed by atoms with Gasteiger partial charge in [-0.2, -0.15) is 15.8 Å². The number of allylic oxidation sites excluding steroid dienone is 4. The third kappa shape index (κ3) is 3.00. The number of nitriles is 3. The van der Waals surface area contributed by atoms with E-state index in [1.54, 1.807) is 31.4 Å². The summed E-state index contributed by atoms with van der Waals surface area (Å²) >= 11 is 0. The zero-order valence-electron chi connectivity index (χ0n) is 16.2. The first-order valence-corrected chi connectivity index (χ1v) is 9.12. The molecule has 1 aromatic rings. The summed E-state index contributed by atoms with van der Waals surface area (Å²) in [6.07, 6.45) is 2.59. The molecule has 0 saturated heterocycles. The van der Waals surface area contributed by atoms with E-state index in [1.165, 1.54) is 7.11 Å². The Bertz CT molecular complexity index is 1000. The minimum absolute atomic E-state index is 0.0372. The third-order valence-corrected chi connectivity index (χ3v) is 5.89. The fourth-order valence-corrected chi connectivity index (χ4v) is 4.44. The minimum atomic E-state index is -1.72. The van der Waals surface area contributed by atoms with Crippen LogP contribution in [0.25, 0.3) is 0 Å². The highest BCUT2D eigenvalue weighted by atomic mass is 16.5. The van der Waals surface area contributed by atoms with E-state index in [2.05, 4.69) is 18.2 Å². The molecule has 3 rings (SSSR count). The summed E-state index contributed by atoms with van der Waals surface area (Å²) in [5.41, 5.74) is 6.06. The molecule has 0 amide bonds. The van der Waals surface area contributed by atoms with Gasteiger partial charge < -0.3 is 15.2 Å². The molecule has 0 aliphatic heterocycles. The van der Waals surface area contributed by atoms with E-state index < -0.39 is 23.2 Å². The molecule has 0 aromatic heterocycles. The van der Waals surface area contributed by atoms with Crippen LogP contribution in [0.4, 0.5) is 0 Å². The standard InChI is InChI=1S/C22H20N4O3/c1-28-15-6-3-13(4-7-15)19-17-9-14(21(27)29-2)5-8-16(17)18(10-23)20(26)22(19,11-24)12-25/h3-4,6-8,14,17,19H,5,9,26H2,1-2H3. The van der Waals surface area contributed by atoms with Crippen molar-refractivity contribution in [2.45, 2.75) is 18.8 Å². The lowest BCUT2D eigenvalue weighted by Gasteiger charge is -2.44. The maximum atomic E-state index is 12.2. The van der Waals surface area contributed by atoms with Crippen LogP contribution in [0.2, 0.25) is 0 Å². The van der Waals surface area contributed by atoms with Crippen LogP contribution in [-0.2, 0) is 9.53 Å². The van der Waals surface area contributed by atoms with Crippen molar-refractivity contribution in [1.82, 2.24) is 0 Å². The van der Waals surface area contributed by atoms with Crippen molar-refractivity contribution in [3.05, 3.63) is 52.7 Å². The lowest BCUT2D eigenvalue weighted by atomic mass is 9.56. The summed E-state index contributed by atoms with van der Waals surface area (Å²) in [7, 11) is 2.88. The fourth-order valence-electron chi connectivity index (χ4n) is 4.44. The van der Waals surface area contributed by atoms with E-state index in [0.29, 0.717) is 24.2 Å². The van der Waals surface area contributed by atoms with Crippen molar-refractivity contribution < 1.29 is 14.3 Å². The largest absolute Gasteiger partial charge is 0.497 e. The SMILES string of the molecule is COC(=O)C1CC=C2C(C#N)=C(N)C(C#N)(C#N)C(c3ccc(OC)cc3)C2C1. The molecule has 2 N–H and O–H groups in total. The van der Waals surface area contributed by atoms with E-state index in [1.807, 2.05) is 6.08 Å². The van der Waals surface area contributed by atoms with Gasteiger partial charge in [0.15, 0.2) is 5.41 Å². The topological polar surface area (TPSA) is 133 Å². The van der Waals surface area contributed by atoms with E-state index in [-0.39, 0.29) is 17.2 Å². The van der Waals surface area contributed by atoms with Crippen molar-refractivity contribution in [1.29, 1.82) is 15.8 Å². The summed E-state index contributed by atoms with van der Waals surface area (Å²) in [4.78, 5) is 12.2. The Morgan fingerprint density at radius 3 is 2.34 bits per heavy atom. The zero-order valence-corrected chi connectivity index (χ0v) is 16.2.